The van der Waals surface area contributed by atoms with Crippen LogP contribution in [0.5, 0.6) is 0 Å². The first-order chi connectivity index (χ1) is 8.09. The van der Waals surface area contributed by atoms with Crippen LogP contribution in [-0.4, -0.2) is 16.1 Å². The fraction of sp³-hybridized carbons (Fsp3) is 0.0769. The van der Waals surface area contributed by atoms with Crippen LogP contribution in [0.25, 0.3) is 11.1 Å². The molecule has 0 saturated heterocycles. The van der Waals surface area contributed by atoms with E-state index in [0.717, 1.165) is 0 Å². The van der Waals surface area contributed by atoms with Crippen LogP contribution in [0.2, 0.25) is 0 Å². The molecule has 2 aromatic rings. The number of aryl methyl sites for hydroxylation is 1. The van der Waals surface area contributed by atoms with Crippen molar-refractivity contribution in [3.8, 4) is 11.1 Å². The lowest BCUT2D eigenvalue weighted by Gasteiger charge is -2.06. The molecule has 1 heterocycles. The van der Waals surface area contributed by atoms with Crippen molar-refractivity contribution in [1.29, 1.82) is 0 Å². The number of aromatic carboxylic acids is 1. The zero-order chi connectivity index (χ0) is 12.4. The fourth-order valence-electron chi connectivity index (χ4n) is 1.62. The van der Waals surface area contributed by atoms with Gasteiger partial charge < -0.3 is 5.11 Å². The minimum Gasteiger partial charge on any atom is -0.478 e. The maximum Gasteiger partial charge on any atom is 0.336 e. The zero-order valence-corrected chi connectivity index (χ0v) is 9.14. The molecule has 0 aliphatic carbocycles. The van der Waals surface area contributed by atoms with Crippen molar-refractivity contribution in [2.24, 2.45) is 0 Å². The minimum atomic E-state index is -1.02. The summed E-state index contributed by atoms with van der Waals surface area (Å²) in [7, 11) is 0. The van der Waals surface area contributed by atoms with E-state index in [1.165, 1.54) is 24.5 Å². The van der Waals surface area contributed by atoms with Crippen molar-refractivity contribution in [2.75, 3.05) is 0 Å². The Morgan fingerprint density at radius 1 is 1.35 bits per heavy atom. The van der Waals surface area contributed by atoms with E-state index in [4.69, 9.17) is 5.11 Å². The molecule has 1 aromatic carbocycles. The van der Waals surface area contributed by atoms with Crippen LogP contribution in [0.4, 0.5) is 4.39 Å². The monoisotopic (exact) mass is 231 g/mol. The van der Waals surface area contributed by atoms with E-state index in [2.05, 4.69) is 4.98 Å². The minimum absolute atomic E-state index is 0.158. The summed E-state index contributed by atoms with van der Waals surface area (Å²) in [6.45, 7) is 1.63. The third-order valence-electron chi connectivity index (χ3n) is 2.52. The number of benzene rings is 1. The maximum absolute atomic E-state index is 13.1. The van der Waals surface area contributed by atoms with E-state index in [1.807, 2.05) is 0 Å². The van der Waals surface area contributed by atoms with Crippen LogP contribution in [-0.2, 0) is 0 Å². The Bertz CT molecular complexity index is 581. The zero-order valence-electron chi connectivity index (χ0n) is 9.14. The summed E-state index contributed by atoms with van der Waals surface area (Å²) in [5.74, 6) is -1.33. The molecule has 0 spiro atoms. The number of hydrogen-bond donors (Lipinski definition) is 1. The lowest BCUT2D eigenvalue weighted by atomic mass is 10.0. The molecule has 3 nitrogen and oxygen atoms in total. The Morgan fingerprint density at radius 3 is 2.76 bits per heavy atom. The third kappa shape index (κ3) is 2.15. The molecule has 0 radical (unpaired) electrons. The van der Waals surface area contributed by atoms with Gasteiger partial charge in [-0.3, -0.25) is 4.98 Å². The van der Waals surface area contributed by atoms with Crippen LogP contribution in [0.3, 0.4) is 0 Å². The molecule has 4 heteroatoms. The van der Waals surface area contributed by atoms with Gasteiger partial charge in [-0.2, -0.15) is 0 Å². The highest BCUT2D eigenvalue weighted by Gasteiger charge is 2.12. The van der Waals surface area contributed by atoms with Gasteiger partial charge in [-0.25, -0.2) is 9.18 Å². The first-order valence-electron chi connectivity index (χ1n) is 5.03. The third-order valence-corrected chi connectivity index (χ3v) is 2.52. The molecule has 17 heavy (non-hydrogen) atoms. The molecule has 0 fully saturated rings. The first kappa shape index (κ1) is 11.3. The van der Waals surface area contributed by atoms with E-state index in [9.17, 15) is 9.18 Å². The van der Waals surface area contributed by atoms with Crippen LogP contribution in [0.1, 0.15) is 15.9 Å². The number of rotatable bonds is 2. The normalized spacial score (nSPS) is 10.2. The summed E-state index contributed by atoms with van der Waals surface area (Å²) in [5.41, 5.74) is 1.77. The SMILES string of the molecule is Cc1cc(-c2cnccc2C(=O)O)ccc1F. The summed E-state index contributed by atoms with van der Waals surface area (Å²) in [6, 6.07) is 5.91. The first-order valence-corrected chi connectivity index (χ1v) is 5.03. The Kier molecular flexibility index (Phi) is 2.87. The Hall–Kier alpha value is -2.23. The summed E-state index contributed by atoms with van der Waals surface area (Å²) in [4.78, 5) is 14.9. The fourth-order valence-corrected chi connectivity index (χ4v) is 1.62. The highest BCUT2D eigenvalue weighted by molar-refractivity contribution is 5.95. The average molecular weight is 231 g/mol. The second-order valence-electron chi connectivity index (χ2n) is 3.69. The maximum atomic E-state index is 13.1. The topological polar surface area (TPSA) is 50.2 Å². The van der Waals surface area contributed by atoms with Gasteiger partial charge in [0.1, 0.15) is 5.82 Å². The Balaban J connectivity index is 2.60. The number of carboxylic acid groups (broad SMARTS) is 1. The van der Waals surface area contributed by atoms with Crippen molar-refractivity contribution < 1.29 is 14.3 Å². The van der Waals surface area contributed by atoms with Crippen molar-refractivity contribution in [1.82, 2.24) is 4.98 Å². The molecule has 1 N–H and O–H groups in total. The summed E-state index contributed by atoms with van der Waals surface area (Å²) in [6.07, 6.45) is 2.89. The van der Waals surface area contributed by atoms with Gasteiger partial charge in [0.2, 0.25) is 0 Å². The predicted octanol–water partition coefficient (Wildman–Crippen LogP) is 2.89. The summed E-state index contributed by atoms with van der Waals surface area (Å²) in [5, 5.41) is 9.05. The van der Waals surface area contributed by atoms with Crippen LogP contribution in [0, 0.1) is 12.7 Å². The number of hydrogen-bond acceptors (Lipinski definition) is 2. The quantitative estimate of drug-likeness (QED) is 0.864. The van der Waals surface area contributed by atoms with E-state index >= 15 is 0 Å². The van der Waals surface area contributed by atoms with E-state index in [1.54, 1.807) is 19.1 Å². The number of carboxylic acids is 1. The van der Waals surface area contributed by atoms with E-state index < -0.39 is 5.97 Å². The molecular formula is C13H10FNO2. The number of carbonyl (C=O) groups is 1. The van der Waals surface area contributed by atoms with Gasteiger partial charge in [0, 0.05) is 18.0 Å². The number of nitrogens with zero attached hydrogens (tertiary/aromatic N) is 1. The van der Waals surface area contributed by atoms with Gasteiger partial charge in [0.25, 0.3) is 0 Å². The Labute approximate surface area is 97.6 Å². The lowest BCUT2D eigenvalue weighted by molar-refractivity contribution is 0.0697. The van der Waals surface area contributed by atoms with Gasteiger partial charge in [-0.15, -0.1) is 0 Å². The van der Waals surface area contributed by atoms with Crippen LogP contribution < -0.4 is 0 Å². The predicted molar refractivity (Wildman–Crippen MR) is 61.3 cm³/mol. The molecule has 2 rings (SSSR count). The number of halogens is 1. The number of pyridine rings is 1. The van der Waals surface area contributed by atoms with Gasteiger partial charge in [0.15, 0.2) is 0 Å². The lowest BCUT2D eigenvalue weighted by Crippen LogP contribution is -2.00. The molecule has 86 valence electrons. The van der Waals surface area contributed by atoms with Gasteiger partial charge in [-0.05, 0) is 36.2 Å². The van der Waals surface area contributed by atoms with E-state index in [-0.39, 0.29) is 11.4 Å². The largest absolute Gasteiger partial charge is 0.478 e. The van der Waals surface area contributed by atoms with Crippen molar-refractivity contribution in [3.63, 3.8) is 0 Å². The summed E-state index contributed by atoms with van der Waals surface area (Å²) < 4.78 is 13.1. The Morgan fingerprint density at radius 2 is 2.12 bits per heavy atom. The molecule has 0 bridgehead atoms. The molecule has 0 saturated carbocycles. The second kappa shape index (κ2) is 4.33. The summed E-state index contributed by atoms with van der Waals surface area (Å²) >= 11 is 0. The van der Waals surface area contributed by atoms with Crippen molar-refractivity contribution >= 4 is 5.97 Å². The molecule has 0 unspecified atom stereocenters. The molecule has 0 amide bonds. The number of aromatic nitrogens is 1. The molecule has 1 aromatic heterocycles. The average Bonchev–Trinajstić information content (AvgIpc) is 2.32. The second-order valence-corrected chi connectivity index (χ2v) is 3.69. The van der Waals surface area contributed by atoms with Crippen molar-refractivity contribution in [2.45, 2.75) is 6.92 Å². The smallest absolute Gasteiger partial charge is 0.336 e. The standard InChI is InChI=1S/C13H10FNO2/c1-8-6-9(2-3-12(8)14)11-7-15-5-4-10(11)13(16)17/h2-7H,1H3,(H,16,17). The molecule has 0 aliphatic heterocycles. The highest BCUT2D eigenvalue weighted by Crippen LogP contribution is 2.24. The van der Waals surface area contributed by atoms with Gasteiger partial charge in [-0.1, -0.05) is 6.07 Å². The molecule has 0 aliphatic rings. The molecule has 0 atom stereocenters. The highest BCUT2D eigenvalue weighted by atomic mass is 19.1. The van der Waals surface area contributed by atoms with Crippen molar-refractivity contribution in [3.05, 3.63) is 53.6 Å². The molecular weight excluding hydrogens is 221 g/mol. The van der Waals surface area contributed by atoms with Gasteiger partial charge >= 0.3 is 5.97 Å². The van der Waals surface area contributed by atoms with Crippen LogP contribution in [0.15, 0.2) is 36.7 Å². The van der Waals surface area contributed by atoms with Crippen LogP contribution >= 0.6 is 0 Å². The van der Waals surface area contributed by atoms with Gasteiger partial charge in [0.05, 0.1) is 5.56 Å². The van der Waals surface area contributed by atoms with E-state index in [0.29, 0.717) is 16.7 Å².